The van der Waals surface area contributed by atoms with E-state index in [1.165, 1.54) is 0 Å². The van der Waals surface area contributed by atoms with Crippen LogP contribution in [0.25, 0.3) is 0 Å². The summed E-state index contributed by atoms with van der Waals surface area (Å²) >= 11 is 5.76. The molecule has 0 amide bonds. The van der Waals surface area contributed by atoms with Gasteiger partial charge in [0.05, 0.1) is 11.9 Å². The van der Waals surface area contributed by atoms with Gasteiger partial charge in [0.15, 0.2) is 5.82 Å². The number of aryl methyl sites for hydroxylation is 1. The van der Waals surface area contributed by atoms with Crippen LogP contribution in [0.4, 0.5) is 5.82 Å². The van der Waals surface area contributed by atoms with Crippen molar-refractivity contribution in [1.29, 1.82) is 0 Å². The van der Waals surface area contributed by atoms with Crippen LogP contribution in [0, 0.1) is 6.92 Å². The molecule has 0 aliphatic carbocycles. The summed E-state index contributed by atoms with van der Waals surface area (Å²) in [6.45, 7) is 5.03. The number of rotatable bonds is 3. The Morgan fingerprint density at radius 1 is 1.54 bits per heavy atom. The summed E-state index contributed by atoms with van der Waals surface area (Å²) in [5.74, 6) is 0.870. The molecule has 0 aliphatic heterocycles. The fourth-order valence-corrected chi connectivity index (χ4v) is 1.35. The van der Waals surface area contributed by atoms with E-state index in [-0.39, 0.29) is 0 Å². The molecule has 0 saturated heterocycles. The maximum absolute atomic E-state index is 5.76. The summed E-state index contributed by atoms with van der Waals surface area (Å²) in [7, 11) is 2.00. The van der Waals surface area contributed by atoms with Gasteiger partial charge in [0.2, 0.25) is 0 Å². The fraction of sp³-hybridized carbons (Fsp3) is 0.556. The quantitative estimate of drug-likeness (QED) is 0.748. The molecule has 1 rings (SSSR count). The highest BCUT2D eigenvalue weighted by Gasteiger charge is 2.06. The highest BCUT2D eigenvalue weighted by Crippen LogP contribution is 2.15. The summed E-state index contributed by atoms with van der Waals surface area (Å²) in [6.07, 6.45) is 2.66. The smallest absolute Gasteiger partial charge is 0.151 e. The zero-order chi connectivity index (χ0) is 9.84. The molecule has 72 valence electrons. The van der Waals surface area contributed by atoms with E-state index in [9.17, 15) is 0 Å². The zero-order valence-corrected chi connectivity index (χ0v) is 8.97. The van der Waals surface area contributed by atoms with Crippen molar-refractivity contribution in [2.75, 3.05) is 18.5 Å². The molecular formula is C9H14ClN3. The molecule has 4 heteroatoms. The number of aromatic nitrogens is 2. The summed E-state index contributed by atoms with van der Waals surface area (Å²) in [6, 6.07) is 0. The normalized spacial score (nSPS) is 10.2. The van der Waals surface area contributed by atoms with Crippen LogP contribution in [0.5, 0.6) is 0 Å². The molecule has 0 N–H and O–H groups in total. The molecule has 1 heterocycles. The van der Waals surface area contributed by atoms with E-state index in [0.717, 1.165) is 24.5 Å². The van der Waals surface area contributed by atoms with Crippen molar-refractivity contribution >= 4 is 17.4 Å². The van der Waals surface area contributed by atoms with Gasteiger partial charge >= 0.3 is 0 Å². The van der Waals surface area contributed by atoms with Crippen LogP contribution in [0.15, 0.2) is 6.20 Å². The topological polar surface area (TPSA) is 29.0 Å². The van der Waals surface area contributed by atoms with Gasteiger partial charge in [-0.25, -0.2) is 4.98 Å². The summed E-state index contributed by atoms with van der Waals surface area (Å²) in [4.78, 5) is 10.4. The van der Waals surface area contributed by atoms with Crippen molar-refractivity contribution in [3.05, 3.63) is 17.0 Å². The van der Waals surface area contributed by atoms with E-state index in [4.69, 9.17) is 11.6 Å². The average molecular weight is 200 g/mol. The second kappa shape index (κ2) is 4.42. The lowest BCUT2D eigenvalue weighted by Gasteiger charge is -2.18. The van der Waals surface area contributed by atoms with Crippen LogP contribution in [0.1, 0.15) is 19.0 Å². The van der Waals surface area contributed by atoms with Crippen molar-refractivity contribution in [2.45, 2.75) is 20.3 Å². The monoisotopic (exact) mass is 199 g/mol. The Kier molecular flexibility index (Phi) is 3.48. The maximum atomic E-state index is 5.76. The number of anilines is 1. The van der Waals surface area contributed by atoms with E-state index in [1.807, 2.05) is 14.0 Å². The Labute approximate surface area is 83.8 Å². The minimum Gasteiger partial charge on any atom is -0.358 e. The predicted octanol–water partition coefficient (Wildman–Crippen LogP) is 2.28. The summed E-state index contributed by atoms with van der Waals surface area (Å²) in [5, 5.41) is 0.448. The molecule has 0 bridgehead atoms. The maximum Gasteiger partial charge on any atom is 0.151 e. The van der Waals surface area contributed by atoms with E-state index in [2.05, 4.69) is 21.8 Å². The average Bonchev–Trinajstić information content (AvgIpc) is 2.09. The van der Waals surface area contributed by atoms with Gasteiger partial charge < -0.3 is 4.90 Å². The lowest BCUT2D eigenvalue weighted by Crippen LogP contribution is -2.20. The van der Waals surface area contributed by atoms with Gasteiger partial charge in [-0.3, -0.25) is 4.98 Å². The van der Waals surface area contributed by atoms with Gasteiger partial charge in [0.25, 0.3) is 0 Å². The SMILES string of the molecule is CCCN(C)c1nc(Cl)cnc1C. The first kappa shape index (κ1) is 10.3. The van der Waals surface area contributed by atoms with Crippen molar-refractivity contribution in [3.8, 4) is 0 Å². The minimum atomic E-state index is 0.448. The number of hydrogen-bond donors (Lipinski definition) is 0. The van der Waals surface area contributed by atoms with Crippen molar-refractivity contribution in [2.24, 2.45) is 0 Å². The van der Waals surface area contributed by atoms with Crippen LogP contribution >= 0.6 is 11.6 Å². The third kappa shape index (κ3) is 2.56. The van der Waals surface area contributed by atoms with Crippen LogP contribution in [0.2, 0.25) is 5.15 Å². The van der Waals surface area contributed by atoms with Crippen molar-refractivity contribution < 1.29 is 0 Å². The largest absolute Gasteiger partial charge is 0.358 e. The van der Waals surface area contributed by atoms with Gasteiger partial charge in [-0.15, -0.1) is 0 Å². The molecule has 1 aromatic rings. The van der Waals surface area contributed by atoms with Gasteiger partial charge in [-0.2, -0.15) is 0 Å². The first-order valence-electron chi connectivity index (χ1n) is 4.35. The first-order valence-corrected chi connectivity index (χ1v) is 4.73. The molecule has 0 radical (unpaired) electrons. The Morgan fingerprint density at radius 2 is 2.23 bits per heavy atom. The molecule has 0 spiro atoms. The predicted molar refractivity (Wildman–Crippen MR) is 55.3 cm³/mol. The van der Waals surface area contributed by atoms with Crippen molar-refractivity contribution in [1.82, 2.24) is 9.97 Å². The Bertz CT molecular complexity index is 288. The van der Waals surface area contributed by atoms with Gasteiger partial charge in [0, 0.05) is 13.6 Å². The molecule has 3 nitrogen and oxygen atoms in total. The summed E-state index contributed by atoms with van der Waals surface area (Å²) in [5.41, 5.74) is 0.917. The van der Waals surface area contributed by atoms with Gasteiger partial charge in [-0.05, 0) is 13.3 Å². The van der Waals surface area contributed by atoms with Crippen molar-refractivity contribution in [3.63, 3.8) is 0 Å². The van der Waals surface area contributed by atoms with Crippen LogP contribution in [0.3, 0.4) is 0 Å². The molecule has 0 saturated carbocycles. The van der Waals surface area contributed by atoms with Crippen LogP contribution in [-0.4, -0.2) is 23.6 Å². The lowest BCUT2D eigenvalue weighted by atomic mass is 10.4. The van der Waals surface area contributed by atoms with E-state index in [1.54, 1.807) is 6.20 Å². The lowest BCUT2D eigenvalue weighted by molar-refractivity contribution is 0.827. The molecule has 1 aromatic heterocycles. The van der Waals surface area contributed by atoms with E-state index < -0.39 is 0 Å². The second-order valence-corrected chi connectivity index (χ2v) is 3.41. The molecule has 13 heavy (non-hydrogen) atoms. The molecule has 0 fully saturated rings. The third-order valence-corrected chi connectivity index (χ3v) is 2.00. The molecule has 0 unspecified atom stereocenters. The van der Waals surface area contributed by atoms with Crippen LogP contribution < -0.4 is 4.90 Å². The zero-order valence-electron chi connectivity index (χ0n) is 8.21. The van der Waals surface area contributed by atoms with Gasteiger partial charge in [0.1, 0.15) is 5.15 Å². The molecular weight excluding hydrogens is 186 g/mol. The standard InChI is InChI=1S/C9H14ClN3/c1-4-5-13(3)9-7(2)11-6-8(10)12-9/h6H,4-5H2,1-3H3. The van der Waals surface area contributed by atoms with Gasteiger partial charge in [-0.1, -0.05) is 18.5 Å². The molecule has 0 atom stereocenters. The second-order valence-electron chi connectivity index (χ2n) is 3.02. The molecule has 0 aromatic carbocycles. The van der Waals surface area contributed by atoms with E-state index in [0.29, 0.717) is 5.15 Å². The Morgan fingerprint density at radius 3 is 2.85 bits per heavy atom. The Hall–Kier alpha value is -0.830. The number of nitrogens with zero attached hydrogens (tertiary/aromatic N) is 3. The summed E-state index contributed by atoms with van der Waals surface area (Å²) < 4.78 is 0. The Balaban J connectivity index is 2.91. The molecule has 0 aliphatic rings. The highest BCUT2D eigenvalue weighted by molar-refractivity contribution is 6.29. The fourth-order valence-electron chi connectivity index (χ4n) is 1.22. The number of halogens is 1. The third-order valence-electron chi connectivity index (χ3n) is 1.82. The first-order chi connectivity index (χ1) is 6.15. The minimum absolute atomic E-state index is 0.448. The van der Waals surface area contributed by atoms with E-state index >= 15 is 0 Å². The number of hydrogen-bond acceptors (Lipinski definition) is 3. The highest BCUT2D eigenvalue weighted by atomic mass is 35.5. The van der Waals surface area contributed by atoms with Crippen LogP contribution in [-0.2, 0) is 0 Å².